The number of nitrogens with zero attached hydrogens (tertiary/aromatic N) is 1. The van der Waals surface area contributed by atoms with Crippen molar-refractivity contribution in [1.82, 2.24) is 4.90 Å². The van der Waals surface area contributed by atoms with E-state index in [2.05, 4.69) is 29.8 Å². The van der Waals surface area contributed by atoms with E-state index in [1.54, 1.807) is 0 Å². The molecule has 0 atom stereocenters. The molecular weight excluding hydrogens is 368 g/mol. The fourth-order valence-corrected chi connectivity index (χ4v) is 5.34. The maximum atomic E-state index is 12.8. The van der Waals surface area contributed by atoms with Crippen molar-refractivity contribution in [3.05, 3.63) is 27.5 Å². The van der Waals surface area contributed by atoms with Crippen LogP contribution in [0.1, 0.15) is 23.5 Å². The Kier molecular flexibility index (Phi) is 3.96. The lowest BCUT2D eigenvalue weighted by Crippen LogP contribution is -2.46. The van der Waals surface area contributed by atoms with Crippen molar-refractivity contribution in [1.29, 1.82) is 0 Å². The number of benzene rings is 1. The normalized spacial score (nSPS) is 18.1. The van der Waals surface area contributed by atoms with Gasteiger partial charge in [-0.1, -0.05) is 22.0 Å². The van der Waals surface area contributed by atoms with E-state index >= 15 is 0 Å². The number of nitrogen functional groups attached to an aromatic ring is 1. The van der Waals surface area contributed by atoms with Gasteiger partial charge in [0.15, 0.2) is 0 Å². The number of amides is 1. The molecule has 1 aromatic carbocycles. The Hall–Kier alpha value is -0.720. The zero-order valence-electron chi connectivity index (χ0n) is 12.0. The Morgan fingerprint density at radius 1 is 1.43 bits per heavy atom. The van der Waals surface area contributed by atoms with Crippen LogP contribution in [0.5, 0.6) is 0 Å². The molecule has 0 radical (unpaired) electrons. The topological polar surface area (TPSA) is 46.3 Å². The van der Waals surface area contributed by atoms with E-state index in [0.29, 0.717) is 10.6 Å². The summed E-state index contributed by atoms with van der Waals surface area (Å²) >= 11 is 6.87. The van der Waals surface area contributed by atoms with Crippen molar-refractivity contribution in [2.24, 2.45) is 0 Å². The average Bonchev–Trinajstić information content (AvgIpc) is 2.73. The summed E-state index contributed by atoms with van der Waals surface area (Å²) in [6.07, 6.45) is 0. The molecule has 0 aliphatic carbocycles. The molecule has 2 heterocycles. The van der Waals surface area contributed by atoms with Crippen LogP contribution in [0.4, 0.5) is 5.69 Å². The molecule has 6 heteroatoms. The van der Waals surface area contributed by atoms with Crippen LogP contribution < -0.4 is 5.73 Å². The molecule has 2 N–H and O–H groups in total. The lowest BCUT2D eigenvalue weighted by atomic mass is 10.1. The first-order chi connectivity index (χ1) is 9.87. The maximum Gasteiger partial charge on any atom is 0.266 e. The highest BCUT2D eigenvalue weighted by atomic mass is 79.9. The van der Waals surface area contributed by atoms with Crippen LogP contribution in [0.15, 0.2) is 22.7 Å². The van der Waals surface area contributed by atoms with Gasteiger partial charge in [0.25, 0.3) is 5.91 Å². The van der Waals surface area contributed by atoms with Crippen LogP contribution in [0.3, 0.4) is 0 Å². The zero-order chi connectivity index (χ0) is 15.2. The van der Waals surface area contributed by atoms with Crippen molar-refractivity contribution in [2.45, 2.75) is 18.6 Å². The van der Waals surface area contributed by atoms with E-state index < -0.39 is 0 Å². The quantitative estimate of drug-likeness (QED) is 0.800. The van der Waals surface area contributed by atoms with Gasteiger partial charge in [-0.05, 0) is 26.0 Å². The first-order valence-electron chi connectivity index (χ1n) is 6.78. The van der Waals surface area contributed by atoms with Crippen LogP contribution >= 0.6 is 39.0 Å². The van der Waals surface area contributed by atoms with Gasteiger partial charge in [0.1, 0.15) is 4.88 Å². The molecule has 1 fully saturated rings. The highest BCUT2D eigenvalue weighted by molar-refractivity contribution is 9.10. The van der Waals surface area contributed by atoms with Gasteiger partial charge in [-0.25, -0.2) is 0 Å². The first-order valence-corrected chi connectivity index (χ1v) is 9.38. The maximum absolute atomic E-state index is 12.8. The number of anilines is 1. The van der Waals surface area contributed by atoms with Crippen molar-refractivity contribution < 1.29 is 4.79 Å². The van der Waals surface area contributed by atoms with Crippen LogP contribution in [0.2, 0.25) is 0 Å². The second-order valence-electron chi connectivity index (χ2n) is 5.82. The number of halogens is 1. The summed E-state index contributed by atoms with van der Waals surface area (Å²) in [6, 6.07) is 5.95. The predicted octanol–water partition coefficient (Wildman–Crippen LogP) is 4.21. The Labute approximate surface area is 141 Å². The van der Waals surface area contributed by atoms with Crippen LogP contribution in [0, 0.1) is 0 Å². The Bertz CT molecular complexity index is 711. The second kappa shape index (κ2) is 5.48. The predicted molar refractivity (Wildman–Crippen MR) is 96.4 cm³/mol. The van der Waals surface area contributed by atoms with Crippen molar-refractivity contribution in [3.63, 3.8) is 0 Å². The molecule has 0 bridgehead atoms. The van der Waals surface area contributed by atoms with E-state index in [1.807, 2.05) is 34.9 Å². The molecule has 0 unspecified atom stereocenters. The number of carbonyl (C=O) groups is 1. The van der Waals surface area contributed by atoms with Crippen LogP contribution in [-0.2, 0) is 0 Å². The van der Waals surface area contributed by atoms with Gasteiger partial charge in [0.2, 0.25) is 0 Å². The number of fused-ring (bicyclic) bond motifs is 1. The van der Waals surface area contributed by atoms with Gasteiger partial charge < -0.3 is 10.6 Å². The SMILES string of the molecule is CC1(C)CN(C(=O)c2sc3cc(Br)ccc3c2N)CCS1. The first kappa shape index (κ1) is 15.2. The van der Waals surface area contributed by atoms with Gasteiger partial charge in [-0.15, -0.1) is 11.3 Å². The molecular formula is C15H17BrN2OS2. The summed E-state index contributed by atoms with van der Waals surface area (Å²) in [5.41, 5.74) is 6.82. The summed E-state index contributed by atoms with van der Waals surface area (Å²) < 4.78 is 2.17. The Morgan fingerprint density at radius 2 is 2.19 bits per heavy atom. The van der Waals surface area contributed by atoms with Crippen molar-refractivity contribution >= 4 is 60.7 Å². The third-order valence-corrected chi connectivity index (χ3v) is 6.54. The molecule has 0 saturated carbocycles. The smallest absolute Gasteiger partial charge is 0.266 e. The Morgan fingerprint density at radius 3 is 2.90 bits per heavy atom. The van der Waals surface area contributed by atoms with Gasteiger partial charge in [0.05, 0.1) is 5.69 Å². The van der Waals surface area contributed by atoms with Gasteiger partial charge in [0, 0.05) is 38.1 Å². The van der Waals surface area contributed by atoms with Crippen LogP contribution in [0.25, 0.3) is 10.1 Å². The molecule has 112 valence electrons. The van der Waals surface area contributed by atoms with E-state index in [0.717, 1.165) is 33.4 Å². The highest BCUT2D eigenvalue weighted by Crippen LogP contribution is 2.37. The summed E-state index contributed by atoms with van der Waals surface area (Å²) in [6.45, 7) is 5.93. The number of thiophene rings is 1. The van der Waals surface area contributed by atoms with Crippen molar-refractivity contribution in [2.75, 3.05) is 24.6 Å². The number of nitrogens with two attached hydrogens (primary N) is 1. The Balaban J connectivity index is 1.96. The van der Waals surface area contributed by atoms with Crippen LogP contribution in [-0.4, -0.2) is 34.4 Å². The highest BCUT2D eigenvalue weighted by Gasteiger charge is 2.31. The third-order valence-electron chi connectivity index (χ3n) is 3.60. The third kappa shape index (κ3) is 2.94. The lowest BCUT2D eigenvalue weighted by molar-refractivity contribution is 0.0754. The second-order valence-corrected chi connectivity index (χ2v) is 9.59. The number of thioether (sulfide) groups is 1. The molecule has 0 spiro atoms. The number of carbonyl (C=O) groups excluding carboxylic acids is 1. The summed E-state index contributed by atoms with van der Waals surface area (Å²) in [5, 5.41) is 0.970. The molecule has 1 amide bonds. The monoisotopic (exact) mass is 384 g/mol. The van der Waals surface area contributed by atoms with E-state index in [-0.39, 0.29) is 10.7 Å². The molecule has 1 saturated heterocycles. The minimum absolute atomic E-state index is 0.0678. The fourth-order valence-electron chi connectivity index (χ4n) is 2.58. The molecule has 3 nitrogen and oxygen atoms in total. The molecule has 1 aromatic heterocycles. The molecule has 1 aliphatic rings. The number of hydrogen-bond donors (Lipinski definition) is 1. The zero-order valence-corrected chi connectivity index (χ0v) is 15.2. The number of rotatable bonds is 1. The van der Waals surface area contributed by atoms with E-state index in [1.165, 1.54) is 11.3 Å². The number of hydrogen-bond acceptors (Lipinski definition) is 4. The summed E-state index contributed by atoms with van der Waals surface area (Å²) in [5.74, 6) is 1.05. The summed E-state index contributed by atoms with van der Waals surface area (Å²) in [7, 11) is 0. The molecule has 3 rings (SSSR count). The molecule has 1 aliphatic heterocycles. The van der Waals surface area contributed by atoms with E-state index in [4.69, 9.17) is 5.73 Å². The van der Waals surface area contributed by atoms with E-state index in [9.17, 15) is 4.79 Å². The largest absolute Gasteiger partial charge is 0.397 e. The molecule has 21 heavy (non-hydrogen) atoms. The van der Waals surface area contributed by atoms with Gasteiger partial charge >= 0.3 is 0 Å². The minimum atomic E-state index is 0.0678. The average molecular weight is 385 g/mol. The van der Waals surface area contributed by atoms with Gasteiger partial charge in [-0.3, -0.25) is 4.79 Å². The van der Waals surface area contributed by atoms with Gasteiger partial charge in [-0.2, -0.15) is 11.8 Å². The standard InChI is InChI=1S/C15H17BrN2OS2/c1-15(2)8-18(5-6-20-15)14(19)13-12(17)10-4-3-9(16)7-11(10)21-13/h3-4,7H,5-6,8,17H2,1-2H3. The fraction of sp³-hybridized carbons (Fsp3) is 0.400. The minimum Gasteiger partial charge on any atom is -0.397 e. The lowest BCUT2D eigenvalue weighted by Gasteiger charge is -2.37. The molecule has 2 aromatic rings. The summed E-state index contributed by atoms with van der Waals surface area (Å²) in [4.78, 5) is 15.4. The van der Waals surface area contributed by atoms with Crippen molar-refractivity contribution in [3.8, 4) is 0 Å².